The van der Waals surface area contributed by atoms with Gasteiger partial charge in [0.05, 0.1) is 13.2 Å². The molecule has 0 saturated carbocycles. The SMILES string of the molecule is Cc1ccc(OCC(=O)NNC(=O)c2ccc(N3CCOCC3)cc2)cc1C. The molecule has 7 nitrogen and oxygen atoms in total. The van der Waals surface area contributed by atoms with E-state index in [4.69, 9.17) is 9.47 Å². The molecule has 0 unspecified atom stereocenters. The molecule has 7 heteroatoms. The highest BCUT2D eigenvalue weighted by Crippen LogP contribution is 2.17. The van der Waals surface area contributed by atoms with E-state index >= 15 is 0 Å². The van der Waals surface area contributed by atoms with Crippen molar-refractivity contribution in [3.05, 3.63) is 59.2 Å². The average Bonchev–Trinajstić information content (AvgIpc) is 2.73. The van der Waals surface area contributed by atoms with Gasteiger partial charge in [0.15, 0.2) is 6.61 Å². The maximum atomic E-state index is 12.2. The number of hydrogen-bond donors (Lipinski definition) is 2. The summed E-state index contributed by atoms with van der Waals surface area (Å²) in [5.74, 6) is -0.201. The van der Waals surface area contributed by atoms with Gasteiger partial charge in [-0.1, -0.05) is 6.07 Å². The molecule has 28 heavy (non-hydrogen) atoms. The van der Waals surface area contributed by atoms with Crippen LogP contribution >= 0.6 is 0 Å². The molecule has 0 aliphatic carbocycles. The van der Waals surface area contributed by atoms with E-state index in [2.05, 4.69) is 15.8 Å². The van der Waals surface area contributed by atoms with E-state index in [1.807, 2.05) is 44.2 Å². The van der Waals surface area contributed by atoms with Crippen molar-refractivity contribution in [3.8, 4) is 5.75 Å². The van der Waals surface area contributed by atoms with Gasteiger partial charge in [0.25, 0.3) is 11.8 Å². The molecule has 0 spiro atoms. The monoisotopic (exact) mass is 383 g/mol. The van der Waals surface area contributed by atoms with Crippen molar-refractivity contribution in [2.45, 2.75) is 13.8 Å². The first-order chi connectivity index (χ1) is 13.5. The zero-order valence-corrected chi connectivity index (χ0v) is 16.2. The van der Waals surface area contributed by atoms with Crippen LogP contribution in [0.4, 0.5) is 5.69 Å². The first-order valence-corrected chi connectivity index (χ1v) is 9.25. The van der Waals surface area contributed by atoms with Gasteiger partial charge in [-0.2, -0.15) is 0 Å². The van der Waals surface area contributed by atoms with Gasteiger partial charge in [0.2, 0.25) is 0 Å². The Balaban J connectivity index is 1.45. The Morgan fingerprint density at radius 1 is 1.00 bits per heavy atom. The highest BCUT2D eigenvalue weighted by molar-refractivity contribution is 5.95. The number of benzene rings is 2. The Labute approximate surface area is 164 Å². The number of rotatable bonds is 5. The second-order valence-corrected chi connectivity index (χ2v) is 6.68. The lowest BCUT2D eigenvalue weighted by atomic mass is 10.1. The minimum absolute atomic E-state index is 0.182. The highest BCUT2D eigenvalue weighted by Gasteiger charge is 2.13. The molecule has 1 aliphatic rings. The Morgan fingerprint density at radius 3 is 2.39 bits per heavy atom. The van der Waals surface area contributed by atoms with Crippen molar-refractivity contribution in [1.29, 1.82) is 0 Å². The molecule has 148 valence electrons. The van der Waals surface area contributed by atoms with Crippen LogP contribution in [0.2, 0.25) is 0 Å². The molecule has 1 heterocycles. The molecular formula is C21H25N3O4. The number of nitrogens with one attached hydrogen (secondary N) is 2. The number of carbonyl (C=O) groups excluding carboxylic acids is 2. The summed E-state index contributed by atoms with van der Waals surface area (Å²) in [5, 5.41) is 0. The van der Waals surface area contributed by atoms with Crippen LogP contribution in [0.25, 0.3) is 0 Å². The van der Waals surface area contributed by atoms with Crippen molar-refractivity contribution in [2.24, 2.45) is 0 Å². The molecule has 2 aromatic carbocycles. The van der Waals surface area contributed by atoms with Crippen LogP contribution in [0.15, 0.2) is 42.5 Å². The lowest BCUT2D eigenvalue weighted by molar-refractivity contribution is -0.123. The number of morpholine rings is 1. The molecule has 2 aromatic rings. The first kappa shape index (κ1) is 19.7. The van der Waals surface area contributed by atoms with E-state index in [1.54, 1.807) is 12.1 Å². The topological polar surface area (TPSA) is 79.9 Å². The zero-order valence-electron chi connectivity index (χ0n) is 16.2. The quantitative estimate of drug-likeness (QED) is 0.772. The van der Waals surface area contributed by atoms with Gasteiger partial charge in [0, 0.05) is 24.3 Å². The van der Waals surface area contributed by atoms with Crippen LogP contribution in [0.5, 0.6) is 5.75 Å². The van der Waals surface area contributed by atoms with Crippen molar-refractivity contribution >= 4 is 17.5 Å². The van der Waals surface area contributed by atoms with Gasteiger partial charge in [-0.25, -0.2) is 0 Å². The predicted octanol–water partition coefficient (Wildman–Crippen LogP) is 1.98. The normalized spacial score (nSPS) is 13.7. The maximum Gasteiger partial charge on any atom is 0.276 e. The summed E-state index contributed by atoms with van der Waals surface area (Å²) in [6.45, 7) is 6.89. The molecule has 3 rings (SSSR count). The highest BCUT2D eigenvalue weighted by atomic mass is 16.5. The molecular weight excluding hydrogens is 358 g/mol. The third-order valence-corrected chi connectivity index (χ3v) is 4.67. The van der Waals surface area contributed by atoms with Crippen LogP contribution in [0, 0.1) is 13.8 Å². The minimum Gasteiger partial charge on any atom is -0.484 e. The smallest absolute Gasteiger partial charge is 0.276 e. The predicted molar refractivity (Wildman–Crippen MR) is 106 cm³/mol. The fourth-order valence-electron chi connectivity index (χ4n) is 2.83. The van der Waals surface area contributed by atoms with Crippen LogP contribution in [-0.4, -0.2) is 44.7 Å². The summed E-state index contributed by atoms with van der Waals surface area (Å²) in [7, 11) is 0. The third-order valence-electron chi connectivity index (χ3n) is 4.67. The van der Waals surface area contributed by atoms with Gasteiger partial charge < -0.3 is 14.4 Å². The molecule has 2 amide bonds. The summed E-state index contributed by atoms with van der Waals surface area (Å²) in [4.78, 5) is 26.3. The number of amides is 2. The molecule has 0 bridgehead atoms. The van der Waals surface area contributed by atoms with Crippen molar-refractivity contribution in [3.63, 3.8) is 0 Å². The van der Waals surface area contributed by atoms with E-state index in [1.165, 1.54) is 0 Å². The van der Waals surface area contributed by atoms with E-state index in [9.17, 15) is 9.59 Å². The molecule has 1 aliphatic heterocycles. The minimum atomic E-state index is -0.434. The number of hydrogen-bond acceptors (Lipinski definition) is 5. The van der Waals surface area contributed by atoms with Crippen LogP contribution in [-0.2, 0) is 9.53 Å². The summed E-state index contributed by atoms with van der Waals surface area (Å²) >= 11 is 0. The van der Waals surface area contributed by atoms with Crippen LogP contribution < -0.4 is 20.5 Å². The number of aryl methyl sites for hydroxylation is 2. The van der Waals surface area contributed by atoms with Crippen LogP contribution in [0.3, 0.4) is 0 Å². The largest absolute Gasteiger partial charge is 0.484 e. The van der Waals surface area contributed by atoms with E-state index in [0.717, 1.165) is 29.9 Å². The Hall–Kier alpha value is -3.06. The van der Waals surface area contributed by atoms with Gasteiger partial charge in [-0.15, -0.1) is 0 Å². The lowest BCUT2D eigenvalue weighted by Crippen LogP contribution is -2.43. The molecule has 2 N–H and O–H groups in total. The van der Waals surface area contributed by atoms with Crippen LogP contribution in [0.1, 0.15) is 21.5 Å². The van der Waals surface area contributed by atoms with E-state index in [0.29, 0.717) is 24.5 Å². The fourth-order valence-corrected chi connectivity index (χ4v) is 2.83. The molecule has 0 aromatic heterocycles. The number of hydrazine groups is 1. The molecule has 1 fully saturated rings. The summed E-state index contributed by atoms with van der Waals surface area (Å²) < 4.78 is 10.8. The fraction of sp³-hybridized carbons (Fsp3) is 0.333. The van der Waals surface area contributed by atoms with Crippen molar-refractivity contribution < 1.29 is 19.1 Å². The number of anilines is 1. The van der Waals surface area contributed by atoms with Crippen molar-refractivity contribution in [1.82, 2.24) is 10.9 Å². The molecule has 1 saturated heterocycles. The molecule has 0 radical (unpaired) electrons. The van der Waals surface area contributed by atoms with Gasteiger partial charge in [-0.05, 0) is 61.4 Å². The Bertz CT molecular complexity index is 830. The van der Waals surface area contributed by atoms with Gasteiger partial charge >= 0.3 is 0 Å². The first-order valence-electron chi connectivity index (χ1n) is 9.25. The molecule has 0 atom stereocenters. The summed E-state index contributed by atoms with van der Waals surface area (Å²) in [6, 6.07) is 12.9. The number of ether oxygens (including phenoxy) is 2. The van der Waals surface area contributed by atoms with Gasteiger partial charge in [0.1, 0.15) is 5.75 Å². The Kier molecular flexibility index (Phi) is 6.49. The number of carbonyl (C=O) groups is 2. The summed E-state index contributed by atoms with van der Waals surface area (Å²) in [6.07, 6.45) is 0. The van der Waals surface area contributed by atoms with Gasteiger partial charge in [-0.3, -0.25) is 20.4 Å². The third kappa shape index (κ3) is 5.23. The van der Waals surface area contributed by atoms with Crippen molar-refractivity contribution in [2.75, 3.05) is 37.8 Å². The second kappa shape index (κ2) is 9.23. The standard InChI is InChI=1S/C21H25N3O4/c1-15-3-8-19(13-16(15)2)28-14-20(25)22-23-21(26)17-4-6-18(7-5-17)24-9-11-27-12-10-24/h3-8,13H,9-12,14H2,1-2H3,(H,22,25)(H,23,26). The maximum absolute atomic E-state index is 12.2. The average molecular weight is 383 g/mol. The second-order valence-electron chi connectivity index (χ2n) is 6.68. The van der Waals surface area contributed by atoms with E-state index < -0.39 is 5.91 Å². The zero-order chi connectivity index (χ0) is 19.9. The summed E-state index contributed by atoms with van der Waals surface area (Å²) in [5.41, 5.74) is 8.53. The number of nitrogens with zero attached hydrogens (tertiary/aromatic N) is 1. The van der Waals surface area contributed by atoms with E-state index in [-0.39, 0.29) is 12.5 Å². The lowest BCUT2D eigenvalue weighted by Gasteiger charge is -2.28. The Morgan fingerprint density at radius 2 is 1.71 bits per heavy atom.